The molecule has 1 aliphatic carbocycles. The summed E-state index contributed by atoms with van der Waals surface area (Å²) in [5.41, 5.74) is 4.88. The lowest BCUT2D eigenvalue weighted by atomic mass is 9.92. The number of thioether (sulfide) groups is 1. The number of benzene rings is 2. The van der Waals surface area contributed by atoms with Crippen LogP contribution in [0.1, 0.15) is 64.5 Å². The van der Waals surface area contributed by atoms with Crippen LogP contribution in [0.3, 0.4) is 0 Å². The molecular weight excluding hydrogens is 537 g/mol. The predicted molar refractivity (Wildman–Crippen MR) is 170 cm³/mol. The van der Waals surface area contributed by atoms with Crippen LogP contribution in [0, 0.1) is 11.3 Å². The van der Waals surface area contributed by atoms with Gasteiger partial charge in [0.2, 0.25) is 0 Å². The van der Waals surface area contributed by atoms with Crippen molar-refractivity contribution in [2.75, 3.05) is 30.6 Å². The van der Waals surface area contributed by atoms with E-state index in [1.807, 2.05) is 49.0 Å². The normalized spacial score (nSPS) is 13.6. The van der Waals surface area contributed by atoms with Crippen LogP contribution >= 0.6 is 20.3 Å². The average Bonchev–Trinajstić information content (AvgIpc) is 3.25. The van der Waals surface area contributed by atoms with Crippen molar-refractivity contribution in [1.82, 2.24) is 9.58 Å². The van der Waals surface area contributed by atoms with Crippen LogP contribution in [0.4, 0.5) is 5.69 Å². The van der Waals surface area contributed by atoms with E-state index in [2.05, 4.69) is 64.7 Å². The third kappa shape index (κ3) is 7.27. The number of fused-ring (bicyclic) bond motifs is 1. The van der Waals surface area contributed by atoms with Gasteiger partial charge in [-0.15, -0.1) is 11.8 Å². The summed E-state index contributed by atoms with van der Waals surface area (Å²) in [5.74, 6) is 0.892. The summed E-state index contributed by atoms with van der Waals surface area (Å²) >= 11 is 1.81. The first-order valence-electron chi connectivity index (χ1n) is 14.2. The Labute approximate surface area is 244 Å². The molecule has 0 unspecified atom stereocenters. The van der Waals surface area contributed by atoms with Gasteiger partial charge in [-0.3, -0.25) is 5.01 Å². The Bertz CT molecular complexity index is 1320. The van der Waals surface area contributed by atoms with Gasteiger partial charge < -0.3 is 18.7 Å². The van der Waals surface area contributed by atoms with Crippen LogP contribution < -0.4 is 5.09 Å². The first-order chi connectivity index (χ1) is 19.6. The second-order valence-corrected chi connectivity index (χ2v) is 12.0. The van der Waals surface area contributed by atoms with Crippen LogP contribution in [0.2, 0.25) is 0 Å². The molecule has 1 aliphatic rings. The molecule has 0 radical (unpaired) electrons. The number of anilines is 1. The minimum absolute atomic E-state index is 0.408. The van der Waals surface area contributed by atoms with Crippen molar-refractivity contribution in [3.63, 3.8) is 0 Å². The van der Waals surface area contributed by atoms with Crippen LogP contribution in [0.15, 0.2) is 65.2 Å². The zero-order chi connectivity index (χ0) is 28.3. The monoisotopic (exact) mass is 577 g/mol. The molecule has 1 heterocycles. The molecule has 0 bridgehead atoms. The second-order valence-electron chi connectivity index (χ2n) is 9.53. The number of hydrazone groups is 1. The number of rotatable bonds is 16. The van der Waals surface area contributed by atoms with Gasteiger partial charge in [-0.25, -0.2) is 0 Å². The summed E-state index contributed by atoms with van der Waals surface area (Å²) in [6.45, 7) is 11.9. The topological polar surface area (TPSA) is 74.8 Å². The van der Waals surface area contributed by atoms with Crippen molar-refractivity contribution < 1.29 is 9.05 Å². The van der Waals surface area contributed by atoms with E-state index < -0.39 is 8.53 Å². The van der Waals surface area contributed by atoms with Crippen LogP contribution in [-0.4, -0.2) is 41.3 Å². The molecule has 0 saturated heterocycles. The largest absolute Gasteiger partial charge is 0.336 e. The molecule has 1 aromatic heterocycles. The smallest absolute Gasteiger partial charge is 0.287 e. The Balaban J connectivity index is 1.61. The van der Waals surface area contributed by atoms with Gasteiger partial charge in [0, 0.05) is 40.2 Å². The maximum Gasteiger partial charge on any atom is 0.287 e. The van der Waals surface area contributed by atoms with Gasteiger partial charge in [0.15, 0.2) is 0 Å². The van der Waals surface area contributed by atoms with Crippen molar-refractivity contribution in [2.45, 2.75) is 63.8 Å². The molecule has 0 atom stereocenters. The number of unbranched alkanes of at least 4 members (excludes halogenated alkanes) is 1. The first-order valence-corrected chi connectivity index (χ1v) is 16.3. The third-order valence-electron chi connectivity index (χ3n) is 6.85. The van der Waals surface area contributed by atoms with E-state index in [1.165, 1.54) is 11.3 Å². The summed E-state index contributed by atoms with van der Waals surface area (Å²) in [6, 6.07) is 17.7. The van der Waals surface area contributed by atoms with Crippen LogP contribution in [-0.2, 0) is 9.05 Å². The number of hydrogen-bond acceptors (Lipinski definition) is 7. The van der Waals surface area contributed by atoms with Gasteiger partial charge in [-0.05, 0) is 69.4 Å². The van der Waals surface area contributed by atoms with Crippen molar-refractivity contribution in [3.05, 3.63) is 60.8 Å². The lowest BCUT2D eigenvalue weighted by molar-refractivity contribution is 0.273. The molecule has 3 aromatic rings. The lowest BCUT2D eigenvalue weighted by Gasteiger charge is -2.30. The molecule has 0 spiro atoms. The summed E-state index contributed by atoms with van der Waals surface area (Å²) in [4.78, 5) is 1.20. The number of nitriles is 1. The van der Waals surface area contributed by atoms with E-state index in [4.69, 9.17) is 9.05 Å². The van der Waals surface area contributed by atoms with E-state index in [9.17, 15) is 5.26 Å². The van der Waals surface area contributed by atoms with Crippen molar-refractivity contribution in [1.29, 1.82) is 5.26 Å². The SMILES string of the molecule is C=CN(CCSc1ccc2c(C#N)c(-c3ccc(NP(OCC)OCC)cc3)n(C3CCC3)c2c1)/N=C\CCC. The highest BCUT2D eigenvalue weighted by Gasteiger charge is 2.28. The van der Waals surface area contributed by atoms with E-state index in [0.29, 0.717) is 19.3 Å². The highest BCUT2D eigenvalue weighted by molar-refractivity contribution is 7.99. The van der Waals surface area contributed by atoms with Crippen LogP contribution in [0.25, 0.3) is 22.2 Å². The molecule has 1 N–H and O–H groups in total. The van der Waals surface area contributed by atoms with Gasteiger partial charge in [-0.2, -0.15) is 10.4 Å². The minimum Gasteiger partial charge on any atom is -0.336 e. The number of nitrogens with zero attached hydrogens (tertiary/aromatic N) is 4. The van der Waals surface area contributed by atoms with E-state index >= 15 is 0 Å². The van der Waals surface area contributed by atoms with Gasteiger partial charge in [0.05, 0.1) is 36.5 Å². The molecule has 0 amide bonds. The highest BCUT2D eigenvalue weighted by atomic mass is 32.2. The molecule has 1 saturated carbocycles. The highest BCUT2D eigenvalue weighted by Crippen LogP contribution is 2.44. The van der Waals surface area contributed by atoms with Gasteiger partial charge in [-0.1, -0.05) is 38.1 Å². The Kier molecular flexibility index (Phi) is 11.5. The summed E-state index contributed by atoms with van der Waals surface area (Å²) < 4.78 is 13.8. The Morgan fingerprint density at radius 2 is 1.93 bits per heavy atom. The maximum atomic E-state index is 10.3. The van der Waals surface area contributed by atoms with Gasteiger partial charge in [0.1, 0.15) is 6.07 Å². The first kappa shape index (κ1) is 30.1. The fourth-order valence-corrected chi connectivity index (χ4v) is 6.60. The molecule has 4 rings (SSSR count). The molecule has 212 valence electrons. The Morgan fingerprint density at radius 3 is 2.52 bits per heavy atom. The predicted octanol–water partition coefficient (Wildman–Crippen LogP) is 8.94. The minimum atomic E-state index is -1.18. The van der Waals surface area contributed by atoms with E-state index in [0.717, 1.165) is 71.4 Å². The molecule has 1 fully saturated rings. The molecule has 7 nitrogen and oxygen atoms in total. The quantitative estimate of drug-likeness (QED) is 0.0793. The molecular formula is C31H40N5O2PS. The van der Waals surface area contributed by atoms with Gasteiger partial charge in [0.25, 0.3) is 8.53 Å². The zero-order valence-corrected chi connectivity index (χ0v) is 25.5. The second kappa shape index (κ2) is 15.3. The van der Waals surface area contributed by atoms with E-state index in [-0.39, 0.29) is 0 Å². The van der Waals surface area contributed by atoms with Crippen molar-refractivity contribution in [2.24, 2.45) is 5.10 Å². The molecule has 2 aromatic carbocycles. The fraction of sp³-hybridized carbons (Fsp3) is 0.419. The summed E-state index contributed by atoms with van der Waals surface area (Å²) in [7, 11) is -1.18. The number of nitrogens with one attached hydrogen (secondary N) is 1. The molecule has 0 aliphatic heterocycles. The standard InChI is InChI=1S/C31H40N5O2PS/c1-5-9-19-33-35(6-2)20-21-40-27-17-18-28-29(23-32)31(36(30(28)22-27)26-11-10-12-26)24-13-15-25(16-14-24)34-39(37-7-3)38-8-4/h6,13-19,22,26,34H,2,5,7-12,20-21H2,1,3-4H3/b33-19-. The van der Waals surface area contributed by atoms with Crippen molar-refractivity contribution in [3.8, 4) is 17.3 Å². The fourth-order valence-electron chi connectivity index (χ4n) is 4.69. The van der Waals surface area contributed by atoms with Crippen LogP contribution in [0.5, 0.6) is 0 Å². The number of aromatic nitrogens is 1. The van der Waals surface area contributed by atoms with Gasteiger partial charge >= 0.3 is 0 Å². The third-order valence-corrected chi connectivity index (χ3v) is 9.25. The zero-order valence-electron chi connectivity index (χ0n) is 23.8. The van der Waals surface area contributed by atoms with Crippen molar-refractivity contribution >= 4 is 43.1 Å². The Morgan fingerprint density at radius 1 is 1.18 bits per heavy atom. The molecule has 40 heavy (non-hydrogen) atoms. The Hall–Kier alpha value is -2.82. The summed E-state index contributed by atoms with van der Waals surface area (Å²) in [6.07, 6.45) is 9.27. The van der Waals surface area contributed by atoms with E-state index in [1.54, 1.807) is 6.20 Å². The molecule has 9 heteroatoms. The maximum absolute atomic E-state index is 10.3. The average molecular weight is 578 g/mol. The summed E-state index contributed by atoms with van der Waals surface area (Å²) in [5, 5.41) is 21.1. The lowest BCUT2D eigenvalue weighted by Crippen LogP contribution is -2.17. The number of hydrogen-bond donors (Lipinski definition) is 1.